The van der Waals surface area contributed by atoms with Gasteiger partial charge in [0.05, 0.1) is 12.1 Å². The van der Waals surface area contributed by atoms with Gasteiger partial charge >= 0.3 is 0 Å². The van der Waals surface area contributed by atoms with Gasteiger partial charge in [-0.25, -0.2) is 0 Å². The molecule has 2 rings (SSSR count). The largest absolute Gasteiger partial charge is 0.297 e. The Kier molecular flexibility index (Phi) is 6.03. The van der Waals surface area contributed by atoms with Crippen molar-refractivity contribution in [2.75, 3.05) is 26.2 Å². The van der Waals surface area contributed by atoms with E-state index >= 15 is 0 Å². The molecule has 0 saturated carbocycles. The first-order chi connectivity index (χ1) is 9.72. The fourth-order valence-corrected chi connectivity index (χ4v) is 2.95. The van der Waals surface area contributed by atoms with Gasteiger partial charge in [-0.2, -0.15) is 5.26 Å². The van der Waals surface area contributed by atoms with E-state index in [0.717, 1.165) is 50.0 Å². The highest BCUT2D eigenvalue weighted by molar-refractivity contribution is 9.10. The van der Waals surface area contributed by atoms with Gasteiger partial charge in [0.1, 0.15) is 0 Å². The minimum atomic E-state index is 0.106. The van der Waals surface area contributed by atoms with Crippen molar-refractivity contribution in [3.63, 3.8) is 0 Å². The number of halogens is 1. The van der Waals surface area contributed by atoms with Crippen LogP contribution in [0.1, 0.15) is 25.3 Å². The zero-order chi connectivity index (χ0) is 14.4. The first kappa shape index (κ1) is 15.5. The maximum absolute atomic E-state index is 9.23. The normalized spacial score (nSPS) is 18.6. The van der Waals surface area contributed by atoms with E-state index in [1.165, 1.54) is 5.56 Å². The van der Waals surface area contributed by atoms with E-state index in [2.05, 4.69) is 63.0 Å². The summed E-state index contributed by atoms with van der Waals surface area (Å²) in [5.41, 5.74) is 1.35. The molecule has 1 aliphatic rings. The second-order valence-electron chi connectivity index (χ2n) is 5.37. The van der Waals surface area contributed by atoms with Crippen LogP contribution in [0.15, 0.2) is 28.7 Å². The van der Waals surface area contributed by atoms with E-state index in [-0.39, 0.29) is 6.04 Å². The highest BCUT2D eigenvalue weighted by atomic mass is 79.9. The van der Waals surface area contributed by atoms with Crippen molar-refractivity contribution in [2.45, 2.75) is 32.4 Å². The number of benzene rings is 1. The van der Waals surface area contributed by atoms with E-state index in [9.17, 15) is 5.26 Å². The van der Waals surface area contributed by atoms with Crippen LogP contribution in [-0.2, 0) is 6.54 Å². The number of piperazine rings is 1. The molecule has 0 spiro atoms. The van der Waals surface area contributed by atoms with Crippen LogP contribution in [0, 0.1) is 11.3 Å². The Labute approximate surface area is 130 Å². The van der Waals surface area contributed by atoms with Crippen molar-refractivity contribution in [2.24, 2.45) is 0 Å². The third-order valence-electron chi connectivity index (χ3n) is 3.88. The topological polar surface area (TPSA) is 30.3 Å². The summed E-state index contributed by atoms with van der Waals surface area (Å²) in [6.45, 7) is 7.28. The molecule has 0 radical (unpaired) electrons. The Morgan fingerprint density at radius 3 is 2.40 bits per heavy atom. The summed E-state index contributed by atoms with van der Waals surface area (Å²) in [4.78, 5) is 4.81. The summed E-state index contributed by atoms with van der Waals surface area (Å²) in [5.74, 6) is 0. The van der Waals surface area contributed by atoms with Crippen molar-refractivity contribution in [1.82, 2.24) is 9.80 Å². The Morgan fingerprint density at radius 2 is 1.85 bits per heavy atom. The Bertz CT molecular complexity index is 444. The number of hydrogen-bond acceptors (Lipinski definition) is 3. The van der Waals surface area contributed by atoms with Crippen LogP contribution in [0.3, 0.4) is 0 Å². The second kappa shape index (κ2) is 7.78. The molecule has 0 N–H and O–H groups in total. The lowest BCUT2D eigenvalue weighted by Crippen LogP contribution is -2.49. The molecule has 20 heavy (non-hydrogen) atoms. The minimum absolute atomic E-state index is 0.106. The summed E-state index contributed by atoms with van der Waals surface area (Å²) >= 11 is 3.47. The zero-order valence-corrected chi connectivity index (χ0v) is 13.6. The summed E-state index contributed by atoms with van der Waals surface area (Å²) in [7, 11) is 0. The van der Waals surface area contributed by atoms with Crippen LogP contribution in [0.5, 0.6) is 0 Å². The molecule has 1 atom stereocenters. The molecule has 1 unspecified atom stereocenters. The molecule has 0 aromatic heterocycles. The molecule has 1 aromatic carbocycles. The maximum Gasteiger partial charge on any atom is 0.0978 e. The first-order valence-electron chi connectivity index (χ1n) is 7.33. The molecular weight excluding hydrogens is 314 g/mol. The van der Waals surface area contributed by atoms with E-state index in [4.69, 9.17) is 0 Å². The van der Waals surface area contributed by atoms with Crippen LogP contribution in [0.4, 0.5) is 0 Å². The molecule has 0 amide bonds. The lowest BCUT2D eigenvalue weighted by molar-refractivity contribution is 0.106. The standard InChI is InChI=1S/C16H22BrN3/c1-2-3-16(12-18)20-10-8-19(9-11-20)13-14-4-6-15(17)7-5-14/h4-7,16H,2-3,8-11,13H2,1H3. The molecule has 4 heteroatoms. The van der Waals surface area contributed by atoms with Gasteiger partial charge in [0.25, 0.3) is 0 Å². The molecule has 1 fully saturated rings. The summed E-state index contributed by atoms with van der Waals surface area (Å²) in [5, 5.41) is 9.23. The molecule has 1 aliphatic heterocycles. The average molecular weight is 336 g/mol. The van der Waals surface area contributed by atoms with E-state index < -0.39 is 0 Å². The fraction of sp³-hybridized carbons (Fsp3) is 0.562. The molecule has 1 saturated heterocycles. The minimum Gasteiger partial charge on any atom is -0.297 e. The SMILES string of the molecule is CCCC(C#N)N1CCN(Cc2ccc(Br)cc2)CC1. The van der Waals surface area contributed by atoms with Crippen molar-refractivity contribution < 1.29 is 0 Å². The Morgan fingerprint density at radius 1 is 1.20 bits per heavy atom. The zero-order valence-electron chi connectivity index (χ0n) is 12.1. The van der Waals surface area contributed by atoms with Crippen molar-refractivity contribution in [3.05, 3.63) is 34.3 Å². The van der Waals surface area contributed by atoms with Crippen molar-refractivity contribution in [1.29, 1.82) is 5.26 Å². The lowest BCUT2D eigenvalue weighted by Gasteiger charge is -2.36. The van der Waals surface area contributed by atoms with Gasteiger partial charge in [0, 0.05) is 37.2 Å². The molecule has 3 nitrogen and oxygen atoms in total. The van der Waals surface area contributed by atoms with Crippen molar-refractivity contribution >= 4 is 15.9 Å². The number of hydrogen-bond donors (Lipinski definition) is 0. The van der Waals surface area contributed by atoms with Gasteiger partial charge in [-0.05, 0) is 24.1 Å². The van der Waals surface area contributed by atoms with Crippen LogP contribution in [0.2, 0.25) is 0 Å². The molecule has 1 heterocycles. The quantitative estimate of drug-likeness (QED) is 0.827. The van der Waals surface area contributed by atoms with Crippen LogP contribution in [0.25, 0.3) is 0 Å². The molecule has 0 aliphatic carbocycles. The first-order valence-corrected chi connectivity index (χ1v) is 8.12. The smallest absolute Gasteiger partial charge is 0.0978 e. The Hall–Kier alpha value is -0.890. The van der Waals surface area contributed by atoms with Gasteiger partial charge < -0.3 is 0 Å². The van der Waals surface area contributed by atoms with E-state index in [1.54, 1.807) is 0 Å². The van der Waals surface area contributed by atoms with E-state index in [0.29, 0.717) is 0 Å². The highest BCUT2D eigenvalue weighted by Gasteiger charge is 2.22. The van der Waals surface area contributed by atoms with Crippen LogP contribution >= 0.6 is 15.9 Å². The van der Waals surface area contributed by atoms with Gasteiger partial charge in [-0.15, -0.1) is 0 Å². The number of nitrogens with zero attached hydrogens (tertiary/aromatic N) is 3. The number of nitriles is 1. The predicted octanol–water partition coefficient (Wildman–Crippen LogP) is 3.26. The third-order valence-corrected chi connectivity index (χ3v) is 4.41. The fourth-order valence-electron chi connectivity index (χ4n) is 2.68. The van der Waals surface area contributed by atoms with Crippen LogP contribution < -0.4 is 0 Å². The van der Waals surface area contributed by atoms with Gasteiger partial charge in [0.15, 0.2) is 0 Å². The molecule has 108 valence electrons. The maximum atomic E-state index is 9.23. The summed E-state index contributed by atoms with van der Waals surface area (Å²) < 4.78 is 1.13. The molecule has 1 aromatic rings. The third kappa shape index (κ3) is 4.31. The number of rotatable bonds is 5. The Balaban J connectivity index is 1.82. The lowest BCUT2D eigenvalue weighted by atomic mass is 10.1. The van der Waals surface area contributed by atoms with Gasteiger partial charge in [-0.3, -0.25) is 9.80 Å². The average Bonchev–Trinajstić information content (AvgIpc) is 2.48. The second-order valence-corrected chi connectivity index (χ2v) is 6.29. The summed E-state index contributed by atoms with van der Waals surface area (Å²) in [6.07, 6.45) is 2.07. The molecular formula is C16H22BrN3. The monoisotopic (exact) mass is 335 g/mol. The van der Waals surface area contributed by atoms with Crippen LogP contribution in [-0.4, -0.2) is 42.0 Å². The van der Waals surface area contributed by atoms with Crippen molar-refractivity contribution in [3.8, 4) is 6.07 Å². The summed E-state index contributed by atoms with van der Waals surface area (Å²) in [6, 6.07) is 11.1. The van der Waals surface area contributed by atoms with E-state index in [1.807, 2.05) is 0 Å². The highest BCUT2D eigenvalue weighted by Crippen LogP contribution is 2.15. The van der Waals surface area contributed by atoms with Gasteiger partial charge in [-0.1, -0.05) is 41.4 Å². The molecule has 0 bridgehead atoms. The van der Waals surface area contributed by atoms with Gasteiger partial charge in [0.2, 0.25) is 0 Å². The predicted molar refractivity (Wildman–Crippen MR) is 85.3 cm³/mol.